The number of ketones is 1. The number of amides is 1. The molecule has 0 aliphatic carbocycles. The van der Waals surface area contributed by atoms with Gasteiger partial charge < -0.3 is 24.1 Å². The molecular formula is C24H22ClFN2O5. The topological polar surface area (TPSA) is 83.2 Å². The van der Waals surface area contributed by atoms with E-state index in [0.717, 1.165) is 0 Å². The van der Waals surface area contributed by atoms with Gasteiger partial charge in [0.1, 0.15) is 5.82 Å². The number of halogens is 2. The lowest BCUT2D eigenvalue weighted by atomic mass is 9.94. The molecule has 1 aliphatic heterocycles. The van der Waals surface area contributed by atoms with Crippen molar-refractivity contribution < 1.29 is 28.2 Å². The van der Waals surface area contributed by atoms with Crippen molar-refractivity contribution in [2.45, 2.75) is 6.04 Å². The molecule has 2 aromatic carbocycles. The van der Waals surface area contributed by atoms with Gasteiger partial charge in [-0.15, -0.1) is 0 Å². The zero-order chi connectivity index (χ0) is 23.9. The van der Waals surface area contributed by atoms with E-state index in [4.69, 9.17) is 20.8 Å². The Bertz CT molecular complexity index is 1280. The lowest BCUT2D eigenvalue weighted by molar-refractivity contribution is -0.129. The van der Waals surface area contributed by atoms with E-state index in [-0.39, 0.29) is 23.4 Å². The quantitative estimate of drug-likeness (QED) is 0.514. The van der Waals surface area contributed by atoms with Gasteiger partial charge >= 0.3 is 0 Å². The molecule has 7 nitrogen and oxygen atoms in total. The van der Waals surface area contributed by atoms with Crippen LogP contribution in [0.15, 0.2) is 58.2 Å². The molecular weight excluding hydrogens is 451 g/mol. The number of methoxy groups -OCH3 is 1. The summed E-state index contributed by atoms with van der Waals surface area (Å²) in [4.78, 5) is 29.6. The highest BCUT2D eigenvalue weighted by Gasteiger charge is 2.45. The van der Waals surface area contributed by atoms with Gasteiger partial charge in [-0.3, -0.25) is 9.59 Å². The van der Waals surface area contributed by atoms with Crippen LogP contribution in [-0.4, -0.2) is 60.9 Å². The third kappa shape index (κ3) is 4.07. The van der Waals surface area contributed by atoms with Gasteiger partial charge in [-0.05, 0) is 32.3 Å². The van der Waals surface area contributed by atoms with Crippen LogP contribution in [0.25, 0.3) is 11.0 Å². The van der Waals surface area contributed by atoms with Gasteiger partial charge in [0.05, 0.1) is 18.7 Å². The van der Waals surface area contributed by atoms with Crippen molar-refractivity contribution in [2.75, 3.05) is 34.3 Å². The molecule has 1 aromatic heterocycles. The summed E-state index contributed by atoms with van der Waals surface area (Å²) in [7, 11) is 5.09. The van der Waals surface area contributed by atoms with Crippen molar-refractivity contribution in [1.29, 1.82) is 0 Å². The highest BCUT2D eigenvalue weighted by Crippen LogP contribution is 2.41. The summed E-state index contributed by atoms with van der Waals surface area (Å²) in [5.74, 6) is -2.59. The van der Waals surface area contributed by atoms with Gasteiger partial charge in [-0.1, -0.05) is 29.8 Å². The fourth-order valence-corrected chi connectivity index (χ4v) is 4.14. The zero-order valence-electron chi connectivity index (χ0n) is 18.3. The number of hydrogen-bond donors (Lipinski definition) is 1. The summed E-state index contributed by atoms with van der Waals surface area (Å²) in [5.41, 5.74) is 0.156. The first kappa shape index (κ1) is 22.8. The second-order valence-electron chi connectivity index (χ2n) is 7.95. The fraction of sp³-hybridized carbons (Fsp3) is 0.250. The third-order valence-electron chi connectivity index (χ3n) is 5.53. The number of carbonyl (C=O) groups is 2. The molecule has 1 atom stereocenters. The van der Waals surface area contributed by atoms with Crippen molar-refractivity contribution in [3.63, 3.8) is 0 Å². The average Bonchev–Trinajstić information content (AvgIpc) is 3.31. The number of aliphatic hydroxyl groups is 1. The van der Waals surface area contributed by atoms with Crippen molar-refractivity contribution in [3.05, 3.63) is 76.0 Å². The molecule has 0 spiro atoms. The molecule has 3 aromatic rings. The summed E-state index contributed by atoms with van der Waals surface area (Å²) in [5, 5.41) is 11.6. The first-order chi connectivity index (χ1) is 15.7. The standard InChI is InChI=1S/C24H22ClFN2O5/c1-27(2)8-9-28-20(15-6-4-5-7-16(15)26)19(22(30)24(28)31)21(29)17-11-13-10-14(25)12-18(32-3)23(13)33-17/h4-7,10-12,20,30H,8-9H2,1-3H3. The predicted octanol–water partition coefficient (Wildman–Crippen LogP) is 4.37. The SMILES string of the molecule is COc1cc(Cl)cc2cc(C(=O)C3=C(O)C(=O)N(CCN(C)C)C3c3ccccc3F)oc12. The van der Waals surface area contributed by atoms with Crippen molar-refractivity contribution in [1.82, 2.24) is 9.80 Å². The van der Waals surface area contributed by atoms with Gasteiger partial charge in [-0.25, -0.2) is 4.39 Å². The first-order valence-electron chi connectivity index (χ1n) is 10.2. The molecule has 172 valence electrons. The molecule has 4 rings (SSSR count). The smallest absolute Gasteiger partial charge is 0.290 e. The Kier molecular flexibility index (Phi) is 6.14. The normalized spacial score (nSPS) is 16.4. The molecule has 0 radical (unpaired) electrons. The summed E-state index contributed by atoms with van der Waals surface area (Å²) < 4.78 is 25.8. The molecule has 0 bridgehead atoms. The van der Waals surface area contributed by atoms with Crippen LogP contribution in [0.3, 0.4) is 0 Å². The molecule has 1 amide bonds. The largest absolute Gasteiger partial charge is 0.503 e. The van der Waals surface area contributed by atoms with E-state index in [1.165, 1.54) is 36.3 Å². The lowest BCUT2D eigenvalue weighted by Gasteiger charge is -2.28. The number of benzene rings is 2. The number of rotatable bonds is 7. The summed E-state index contributed by atoms with van der Waals surface area (Å²) in [6.45, 7) is 0.626. The Balaban J connectivity index is 1.83. The van der Waals surface area contributed by atoms with Crippen LogP contribution in [-0.2, 0) is 4.79 Å². The minimum Gasteiger partial charge on any atom is -0.503 e. The molecule has 0 saturated carbocycles. The second-order valence-corrected chi connectivity index (χ2v) is 8.39. The van der Waals surface area contributed by atoms with Crippen LogP contribution in [0.2, 0.25) is 5.02 Å². The van der Waals surface area contributed by atoms with E-state index in [2.05, 4.69) is 0 Å². The summed E-state index contributed by atoms with van der Waals surface area (Å²) in [6.07, 6.45) is 0. The Morgan fingerprint density at radius 2 is 2.00 bits per heavy atom. The minimum absolute atomic E-state index is 0.105. The van der Waals surface area contributed by atoms with Gasteiger partial charge in [0, 0.05) is 35.1 Å². The average molecular weight is 473 g/mol. The van der Waals surface area contributed by atoms with Crippen LogP contribution >= 0.6 is 11.6 Å². The molecule has 1 N–H and O–H groups in total. The van der Waals surface area contributed by atoms with E-state index in [9.17, 15) is 19.1 Å². The maximum Gasteiger partial charge on any atom is 0.290 e. The van der Waals surface area contributed by atoms with Gasteiger partial charge in [0.15, 0.2) is 22.9 Å². The summed E-state index contributed by atoms with van der Waals surface area (Å²) >= 11 is 6.11. The molecule has 2 heterocycles. The van der Waals surface area contributed by atoms with Crippen molar-refractivity contribution in [2.24, 2.45) is 0 Å². The van der Waals surface area contributed by atoms with Gasteiger partial charge in [0.2, 0.25) is 5.78 Å². The number of ether oxygens (including phenoxy) is 1. The van der Waals surface area contributed by atoms with Crippen LogP contribution in [0.1, 0.15) is 22.2 Å². The van der Waals surface area contributed by atoms with Crippen molar-refractivity contribution >= 4 is 34.3 Å². The highest BCUT2D eigenvalue weighted by molar-refractivity contribution is 6.31. The Labute approximate surface area is 194 Å². The number of carbonyl (C=O) groups excluding carboxylic acids is 2. The number of likely N-dealkylation sites (N-methyl/N-ethyl adjacent to an activating group) is 1. The van der Waals surface area contributed by atoms with Crippen molar-refractivity contribution in [3.8, 4) is 5.75 Å². The minimum atomic E-state index is -1.11. The zero-order valence-corrected chi connectivity index (χ0v) is 19.0. The first-order valence-corrected chi connectivity index (χ1v) is 10.6. The number of Topliss-reactive ketones (excluding diaryl/α,β-unsaturated/α-hetero) is 1. The van der Waals surface area contributed by atoms with Crippen LogP contribution in [0.4, 0.5) is 4.39 Å². The molecule has 1 unspecified atom stereocenters. The number of aliphatic hydroxyl groups excluding tert-OH is 1. The Hall–Kier alpha value is -3.36. The predicted molar refractivity (Wildman–Crippen MR) is 121 cm³/mol. The molecule has 9 heteroatoms. The molecule has 0 saturated heterocycles. The molecule has 1 aliphatic rings. The second kappa shape index (κ2) is 8.88. The van der Waals surface area contributed by atoms with Gasteiger partial charge in [-0.2, -0.15) is 0 Å². The number of fused-ring (bicyclic) bond motifs is 1. The van der Waals surface area contributed by atoms with Crippen LogP contribution < -0.4 is 4.74 Å². The number of nitrogens with zero attached hydrogens (tertiary/aromatic N) is 2. The van der Waals surface area contributed by atoms with Crippen LogP contribution in [0, 0.1) is 5.82 Å². The van der Waals surface area contributed by atoms with Crippen LogP contribution in [0.5, 0.6) is 5.75 Å². The lowest BCUT2D eigenvalue weighted by Crippen LogP contribution is -2.37. The maximum atomic E-state index is 14.8. The van der Waals surface area contributed by atoms with E-state index in [0.29, 0.717) is 28.3 Å². The Morgan fingerprint density at radius 3 is 2.67 bits per heavy atom. The monoisotopic (exact) mass is 472 g/mol. The van der Waals surface area contributed by atoms with E-state index in [1.807, 2.05) is 19.0 Å². The fourth-order valence-electron chi connectivity index (χ4n) is 3.93. The third-order valence-corrected chi connectivity index (χ3v) is 5.75. The molecule has 0 fully saturated rings. The van der Waals surface area contributed by atoms with E-state index < -0.39 is 29.3 Å². The van der Waals surface area contributed by atoms with E-state index in [1.54, 1.807) is 18.2 Å². The van der Waals surface area contributed by atoms with Gasteiger partial charge in [0.25, 0.3) is 5.91 Å². The highest BCUT2D eigenvalue weighted by atomic mass is 35.5. The maximum absolute atomic E-state index is 14.8. The summed E-state index contributed by atoms with van der Waals surface area (Å²) in [6, 6.07) is 9.35. The van der Waals surface area contributed by atoms with E-state index >= 15 is 0 Å². The number of furan rings is 1. The molecule has 33 heavy (non-hydrogen) atoms. The number of hydrogen-bond acceptors (Lipinski definition) is 6. The Morgan fingerprint density at radius 1 is 1.27 bits per heavy atom.